The Hall–Kier alpha value is -2.17. The van der Waals surface area contributed by atoms with Gasteiger partial charge in [0.1, 0.15) is 17.6 Å². The van der Waals surface area contributed by atoms with Crippen molar-refractivity contribution in [2.45, 2.75) is 44.5 Å². The molecule has 0 aliphatic heterocycles. The van der Waals surface area contributed by atoms with Gasteiger partial charge in [0, 0.05) is 12.6 Å². The van der Waals surface area contributed by atoms with Gasteiger partial charge in [-0.3, -0.25) is 0 Å². The minimum Gasteiger partial charge on any atom is -0.482 e. The number of hydrogen-bond donors (Lipinski definition) is 2. The van der Waals surface area contributed by atoms with Crippen molar-refractivity contribution >= 4 is 11.6 Å². The number of aliphatic hydroxyl groups is 1. The summed E-state index contributed by atoms with van der Waals surface area (Å²) in [5.74, 6) is 1.37. The summed E-state index contributed by atoms with van der Waals surface area (Å²) in [6.07, 6.45) is 6.56. The molecule has 3 atom stereocenters. The average Bonchev–Trinajstić information content (AvgIpc) is 3.15. The van der Waals surface area contributed by atoms with Crippen LogP contribution in [0.3, 0.4) is 0 Å². The van der Waals surface area contributed by atoms with Gasteiger partial charge in [0.25, 0.3) is 0 Å². The Labute approximate surface area is 165 Å². The van der Waals surface area contributed by atoms with Gasteiger partial charge in [0.2, 0.25) is 5.06 Å². The van der Waals surface area contributed by atoms with Crippen LogP contribution in [0, 0.1) is 5.41 Å². The van der Waals surface area contributed by atoms with Crippen molar-refractivity contribution in [2.24, 2.45) is 5.41 Å². The molecule has 0 radical (unpaired) electrons. The van der Waals surface area contributed by atoms with Crippen LogP contribution in [0.2, 0.25) is 0 Å². The van der Waals surface area contributed by atoms with E-state index < -0.39 is 17.3 Å². The van der Waals surface area contributed by atoms with Crippen LogP contribution in [0.4, 0.5) is 0 Å². The van der Waals surface area contributed by atoms with E-state index in [1.807, 2.05) is 75.5 Å². The maximum absolute atomic E-state index is 10.8. The second-order valence-electron chi connectivity index (χ2n) is 7.82. The lowest BCUT2D eigenvalue weighted by Gasteiger charge is -2.34. The van der Waals surface area contributed by atoms with E-state index in [9.17, 15) is 5.11 Å². The Balaban J connectivity index is 1.71. The van der Waals surface area contributed by atoms with E-state index >= 15 is 0 Å². The van der Waals surface area contributed by atoms with Crippen molar-refractivity contribution in [3.8, 4) is 5.75 Å². The van der Waals surface area contributed by atoms with Crippen LogP contribution in [0.1, 0.15) is 39.0 Å². The van der Waals surface area contributed by atoms with E-state index in [1.165, 1.54) is 0 Å². The molecule has 3 unspecified atom stereocenters. The summed E-state index contributed by atoms with van der Waals surface area (Å²) in [7, 11) is 0. The molecule has 0 bridgehead atoms. The Morgan fingerprint density at radius 2 is 1.89 bits per heavy atom. The molecule has 0 fully saturated rings. The highest BCUT2D eigenvalue weighted by Crippen LogP contribution is 2.36. The predicted molar refractivity (Wildman–Crippen MR) is 108 cm³/mol. The highest BCUT2D eigenvalue weighted by Gasteiger charge is 2.35. The summed E-state index contributed by atoms with van der Waals surface area (Å²) in [4.78, 5) is 3.14. The van der Waals surface area contributed by atoms with Crippen LogP contribution < -0.4 is 4.74 Å². The van der Waals surface area contributed by atoms with Crippen LogP contribution in [0.25, 0.3) is 0 Å². The van der Waals surface area contributed by atoms with E-state index in [0.717, 1.165) is 5.69 Å². The molecule has 0 saturated carbocycles. The minimum atomic E-state index is -0.946. The average molecular weight is 388 g/mol. The van der Waals surface area contributed by atoms with Crippen molar-refractivity contribution in [1.82, 2.24) is 4.98 Å². The fourth-order valence-electron chi connectivity index (χ4n) is 2.85. The molecule has 3 rings (SSSR count). The molecule has 1 aromatic carbocycles. The second-order valence-corrected chi connectivity index (χ2v) is 8.46. The molecular formula is C22H26ClNO3. The standard InChI is InChI=1S/C22H26ClNO3/c1-21(2,3)20(25)19(18-10-7-15-24-18)26-16-11-13-22(23,14-12-16)27-17-8-5-4-6-9-17/h4-13,15,19-20,24-25H,14H2,1-3H3. The first-order valence-electron chi connectivity index (χ1n) is 9.07. The third kappa shape index (κ3) is 4.96. The first-order valence-corrected chi connectivity index (χ1v) is 9.45. The second kappa shape index (κ2) is 7.83. The molecular weight excluding hydrogens is 362 g/mol. The summed E-state index contributed by atoms with van der Waals surface area (Å²) >= 11 is 6.58. The zero-order valence-corrected chi connectivity index (χ0v) is 16.6. The molecule has 5 heteroatoms. The molecule has 27 heavy (non-hydrogen) atoms. The number of nitrogens with one attached hydrogen (secondary N) is 1. The quantitative estimate of drug-likeness (QED) is 0.658. The number of hydrogen-bond acceptors (Lipinski definition) is 3. The predicted octanol–water partition coefficient (Wildman–Crippen LogP) is 5.34. The van der Waals surface area contributed by atoms with E-state index in [4.69, 9.17) is 21.1 Å². The molecule has 4 nitrogen and oxygen atoms in total. The number of ether oxygens (including phenoxy) is 2. The van der Waals surface area contributed by atoms with Gasteiger partial charge in [-0.2, -0.15) is 0 Å². The smallest absolute Gasteiger partial charge is 0.205 e. The van der Waals surface area contributed by atoms with Crippen LogP contribution in [0.15, 0.2) is 72.6 Å². The molecule has 2 N–H and O–H groups in total. The van der Waals surface area contributed by atoms with Gasteiger partial charge >= 0.3 is 0 Å². The normalized spacial score (nSPS) is 22.0. The first kappa shape index (κ1) is 19.6. The molecule has 0 spiro atoms. The first-order chi connectivity index (χ1) is 12.8. The molecule has 1 heterocycles. The lowest BCUT2D eigenvalue weighted by molar-refractivity contribution is -0.0604. The number of aliphatic hydroxyl groups excluding tert-OH is 1. The number of aromatic amines is 1. The fourth-order valence-corrected chi connectivity index (χ4v) is 3.08. The number of aromatic nitrogens is 1. The van der Waals surface area contributed by atoms with E-state index in [-0.39, 0.29) is 5.41 Å². The zero-order valence-electron chi connectivity index (χ0n) is 15.9. The fraction of sp³-hybridized carbons (Fsp3) is 0.364. The number of benzene rings is 1. The van der Waals surface area contributed by atoms with Gasteiger partial charge in [-0.05, 0) is 47.9 Å². The van der Waals surface area contributed by atoms with Crippen molar-refractivity contribution in [3.05, 3.63) is 78.3 Å². The Kier molecular flexibility index (Phi) is 5.68. The largest absolute Gasteiger partial charge is 0.482 e. The maximum atomic E-state index is 10.8. The molecule has 1 aliphatic rings. The van der Waals surface area contributed by atoms with E-state index in [2.05, 4.69) is 4.98 Å². The molecule has 1 aliphatic carbocycles. The van der Waals surface area contributed by atoms with Gasteiger partial charge in [-0.25, -0.2) is 0 Å². The van der Waals surface area contributed by atoms with Crippen molar-refractivity contribution in [3.63, 3.8) is 0 Å². The number of alkyl halides is 1. The third-order valence-electron chi connectivity index (χ3n) is 4.47. The summed E-state index contributed by atoms with van der Waals surface area (Å²) in [5.41, 5.74) is 0.497. The molecule has 144 valence electrons. The minimum absolute atomic E-state index is 0.332. The number of rotatable bonds is 6. The van der Waals surface area contributed by atoms with Crippen LogP contribution in [-0.4, -0.2) is 21.3 Å². The van der Waals surface area contributed by atoms with E-state index in [0.29, 0.717) is 17.9 Å². The summed E-state index contributed by atoms with van der Waals surface area (Å²) < 4.78 is 12.0. The zero-order chi connectivity index (χ0) is 19.5. The van der Waals surface area contributed by atoms with Crippen molar-refractivity contribution in [1.29, 1.82) is 0 Å². The van der Waals surface area contributed by atoms with Gasteiger partial charge < -0.3 is 19.6 Å². The number of allylic oxidation sites excluding steroid dienone is 1. The van der Waals surface area contributed by atoms with Gasteiger partial charge in [-0.15, -0.1) is 0 Å². The SMILES string of the molecule is CC(C)(C)C(O)C(OC1=CCC(Cl)(Oc2ccccc2)C=C1)c1ccc[nH]1. The Bertz CT molecular complexity index is 793. The van der Waals surface area contributed by atoms with Gasteiger partial charge in [-0.1, -0.05) is 50.6 Å². The monoisotopic (exact) mass is 387 g/mol. The van der Waals surface area contributed by atoms with Gasteiger partial charge in [0.05, 0.1) is 5.69 Å². The molecule has 1 aromatic heterocycles. The molecule has 2 aromatic rings. The lowest BCUT2D eigenvalue weighted by atomic mass is 9.84. The number of halogens is 1. The molecule has 0 saturated heterocycles. The number of para-hydroxylation sites is 1. The summed E-state index contributed by atoms with van der Waals surface area (Å²) in [6, 6.07) is 13.3. The highest BCUT2D eigenvalue weighted by atomic mass is 35.5. The Morgan fingerprint density at radius 3 is 2.44 bits per heavy atom. The van der Waals surface area contributed by atoms with Crippen molar-refractivity contribution < 1.29 is 14.6 Å². The van der Waals surface area contributed by atoms with Crippen LogP contribution in [-0.2, 0) is 4.74 Å². The summed E-state index contributed by atoms with van der Waals surface area (Å²) in [6.45, 7) is 5.96. The van der Waals surface area contributed by atoms with Crippen molar-refractivity contribution in [2.75, 3.05) is 0 Å². The Morgan fingerprint density at radius 1 is 1.15 bits per heavy atom. The van der Waals surface area contributed by atoms with Crippen LogP contribution >= 0.6 is 11.6 Å². The summed E-state index contributed by atoms with van der Waals surface area (Å²) in [5, 5.41) is 9.85. The van der Waals surface area contributed by atoms with E-state index in [1.54, 1.807) is 12.2 Å². The topological polar surface area (TPSA) is 54.5 Å². The third-order valence-corrected chi connectivity index (χ3v) is 4.83. The van der Waals surface area contributed by atoms with Crippen LogP contribution in [0.5, 0.6) is 5.75 Å². The van der Waals surface area contributed by atoms with Gasteiger partial charge in [0.15, 0.2) is 6.10 Å². The lowest BCUT2D eigenvalue weighted by Crippen LogP contribution is -2.34. The maximum Gasteiger partial charge on any atom is 0.205 e. The highest BCUT2D eigenvalue weighted by molar-refractivity contribution is 6.24. The molecule has 0 amide bonds. The number of H-pyrrole nitrogens is 1.